The molecule has 3 rings (SSSR count). The van der Waals surface area contributed by atoms with E-state index in [0.717, 1.165) is 24.2 Å². The van der Waals surface area contributed by atoms with Gasteiger partial charge in [-0.1, -0.05) is 35.8 Å². The van der Waals surface area contributed by atoms with Gasteiger partial charge < -0.3 is 0 Å². The van der Waals surface area contributed by atoms with E-state index in [9.17, 15) is 0 Å². The van der Waals surface area contributed by atoms with Gasteiger partial charge in [-0.05, 0) is 64.0 Å². The van der Waals surface area contributed by atoms with Gasteiger partial charge in [-0.15, -0.1) is 0 Å². The average Bonchev–Trinajstić information content (AvgIpc) is 3.22. The highest BCUT2D eigenvalue weighted by molar-refractivity contribution is 5.50. The van der Waals surface area contributed by atoms with Crippen LogP contribution in [0.2, 0.25) is 0 Å². The Morgan fingerprint density at radius 1 is 0.682 bits per heavy atom. The normalized spacial score (nSPS) is 18.5. The molecule has 2 heterocycles. The number of rotatable bonds is 2. The predicted octanol–water partition coefficient (Wildman–Crippen LogP) is 2.58. The molecule has 2 nitrogen and oxygen atoms in total. The second kappa shape index (κ2) is 8.04. The van der Waals surface area contributed by atoms with Crippen molar-refractivity contribution in [1.82, 2.24) is 9.80 Å². The molecule has 0 N–H and O–H groups in total. The molecule has 0 aliphatic carbocycles. The Labute approximate surface area is 134 Å². The first-order valence-electron chi connectivity index (χ1n) is 8.43. The van der Waals surface area contributed by atoms with Crippen molar-refractivity contribution in [2.75, 3.05) is 39.3 Å². The summed E-state index contributed by atoms with van der Waals surface area (Å²) < 4.78 is 0. The summed E-state index contributed by atoms with van der Waals surface area (Å²) in [6.07, 6.45) is 5.28. The zero-order valence-corrected chi connectivity index (χ0v) is 13.3. The molecule has 0 amide bonds. The van der Waals surface area contributed by atoms with E-state index in [1.54, 1.807) is 0 Å². The molecule has 2 saturated heterocycles. The molecule has 0 unspecified atom stereocenters. The van der Waals surface area contributed by atoms with Crippen LogP contribution in [0.3, 0.4) is 0 Å². The maximum atomic E-state index is 3.31. The van der Waals surface area contributed by atoms with Crippen LogP contribution < -0.4 is 0 Å². The van der Waals surface area contributed by atoms with Crippen LogP contribution in [0.4, 0.5) is 0 Å². The SMILES string of the molecule is C(#Cc1ccccc1C#CCN1CCCC1)CN1CCCC1. The zero-order valence-electron chi connectivity index (χ0n) is 13.3. The van der Waals surface area contributed by atoms with Crippen molar-refractivity contribution in [1.29, 1.82) is 0 Å². The van der Waals surface area contributed by atoms with Gasteiger partial charge in [0.1, 0.15) is 0 Å². The van der Waals surface area contributed by atoms with E-state index in [1.165, 1.54) is 51.9 Å². The lowest BCUT2D eigenvalue weighted by molar-refractivity contribution is 0.383. The molecule has 2 aliphatic rings. The van der Waals surface area contributed by atoms with Crippen LogP contribution in [-0.4, -0.2) is 49.1 Å². The third kappa shape index (κ3) is 4.38. The van der Waals surface area contributed by atoms with Crippen LogP contribution in [-0.2, 0) is 0 Å². The molecule has 0 bridgehead atoms. The lowest BCUT2D eigenvalue weighted by Crippen LogP contribution is -2.19. The molecule has 2 fully saturated rings. The summed E-state index contributed by atoms with van der Waals surface area (Å²) in [4.78, 5) is 4.85. The van der Waals surface area contributed by atoms with Crippen molar-refractivity contribution in [3.63, 3.8) is 0 Å². The first-order valence-corrected chi connectivity index (χ1v) is 8.43. The lowest BCUT2D eigenvalue weighted by Gasteiger charge is -2.08. The van der Waals surface area contributed by atoms with E-state index >= 15 is 0 Å². The summed E-state index contributed by atoms with van der Waals surface area (Å²) in [5.74, 6) is 13.2. The fourth-order valence-electron chi connectivity index (χ4n) is 3.08. The van der Waals surface area contributed by atoms with Crippen LogP contribution in [0.1, 0.15) is 36.8 Å². The van der Waals surface area contributed by atoms with E-state index in [0.29, 0.717) is 0 Å². The van der Waals surface area contributed by atoms with Gasteiger partial charge in [0.05, 0.1) is 13.1 Å². The van der Waals surface area contributed by atoms with E-state index < -0.39 is 0 Å². The van der Waals surface area contributed by atoms with E-state index in [4.69, 9.17) is 0 Å². The molecule has 2 aliphatic heterocycles. The summed E-state index contributed by atoms with van der Waals surface area (Å²) in [5.41, 5.74) is 2.13. The van der Waals surface area contributed by atoms with Gasteiger partial charge in [-0.25, -0.2) is 0 Å². The molecule has 22 heavy (non-hydrogen) atoms. The molecule has 0 spiro atoms. The molecule has 0 radical (unpaired) electrons. The highest BCUT2D eigenvalue weighted by atomic mass is 15.1. The number of nitrogens with zero attached hydrogens (tertiary/aromatic N) is 2. The van der Waals surface area contributed by atoms with Gasteiger partial charge in [-0.3, -0.25) is 9.80 Å². The summed E-state index contributed by atoms with van der Waals surface area (Å²) in [6.45, 7) is 6.57. The van der Waals surface area contributed by atoms with Crippen molar-refractivity contribution in [2.45, 2.75) is 25.7 Å². The first-order chi connectivity index (χ1) is 10.9. The maximum absolute atomic E-state index is 3.31. The molecule has 0 saturated carbocycles. The van der Waals surface area contributed by atoms with Crippen LogP contribution in [0, 0.1) is 23.7 Å². The highest BCUT2D eigenvalue weighted by Crippen LogP contribution is 2.08. The quantitative estimate of drug-likeness (QED) is 0.773. The van der Waals surface area contributed by atoms with Crippen molar-refractivity contribution in [3.05, 3.63) is 35.4 Å². The lowest BCUT2D eigenvalue weighted by atomic mass is 10.1. The van der Waals surface area contributed by atoms with Gasteiger partial charge in [0.25, 0.3) is 0 Å². The monoisotopic (exact) mass is 292 g/mol. The Bertz CT molecular complexity index is 545. The summed E-state index contributed by atoms with van der Waals surface area (Å²) in [6, 6.07) is 8.25. The minimum absolute atomic E-state index is 0.884. The first kappa shape index (κ1) is 15.2. The van der Waals surface area contributed by atoms with Crippen LogP contribution in [0.25, 0.3) is 0 Å². The number of benzene rings is 1. The van der Waals surface area contributed by atoms with Gasteiger partial charge in [0.2, 0.25) is 0 Å². The molecule has 1 aromatic rings. The minimum atomic E-state index is 0.884. The Kier molecular flexibility index (Phi) is 5.54. The van der Waals surface area contributed by atoms with Crippen LogP contribution >= 0.6 is 0 Å². The van der Waals surface area contributed by atoms with Gasteiger partial charge in [0, 0.05) is 11.1 Å². The van der Waals surface area contributed by atoms with Crippen molar-refractivity contribution < 1.29 is 0 Å². The van der Waals surface area contributed by atoms with Crippen molar-refractivity contribution >= 4 is 0 Å². The van der Waals surface area contributed by atoms with Gasteiger partial charge in [0.15, 0.2) is 0 Å². The second-order valence-electron chi connectivity index (χ2n) is 6.12. The summed E-state index contributed by atoms with van der Waals surface area (Å²) >= 11 is 0. The average molecular weight is 292 g/mol. The van der Waals surface area contributed by atoms with E-state index in [-0.39, 0.29) is 0 Å². The Morgan fingerprint density at radius 2 is 1.09 bits per heavy atom. The van der Waals surface area contributed by atoms with Gasteiger partial charge >= 0.3 is 0 Å². The van der Waals surface area contributed by atoms with E-state index in [2.05, 4.69) is 45.6 Å². The van der Waals surface area contributed by atoms with Gasteiger partial charge in [-0.2, -0.15) is 0 Å². The van der Waals surface area contributed by atoms with E-state index in [1.807, 2.05) is 12.1 Å². The smallest absolute Gasteiger partial charge is 0.0605 e. The predicted molar refractivity (Wildman–Crippen MR) is 91.5 cm³/mol. The topological polar surface area (TPSA) is 6.48 Å². The minimum Gasteiger partial charge on any atom is -0.292 e. The number of hydrogen-bond acceptors (Lipinski definition) is 2. The summed E-state index contributed by atoms with van der Waals surface area (Å²) in [5, 5.41) is 0. The third-order valence-electron chi connectivity index (χ3n) is 4.38. The fraction of sp³-hybridized carbons (Fsp3) is 0.500. The molecule has 114 valence electrons. The molecular formula is C20H24N2. The zero-order chi connectivity index (χ0) is 15.0. The van der Waals surface area contributed by atoms with Crippen LogP contribution in [0.15, 0.2) is 24.3 Å². The molecule has 0 atom stereocenters. The number of hydrogen-bond donors (Lipinski definition) is 0. The standard InChI is InChI=1S/C20H24N2/c1-2-10-20(12-8-18-22-15-5-6-16-22)19(9-1)11-7-17-21-13-3-4-14-21/h1-2,9-10H,3-6,13-18H2. The largest absolute Gasteiger partial charge is 0.292 e. The Morgan fingerprint density at radius 3 is 1.50 bits per heavy atom. The van der Waals surface area contributed by atoms with Crippen molar-refractivity contribution in [2.24, 2.45) is 0 Å². The molecule has 2 heteroatoms. The fourth-order valence-corrected chi connectivity index (χ4v) is 3.08. The van der Waals surface area contributed by atoms with Crippen LogP contribution in [0.5, 0.6) is 0 Å². The number of likely N-dealkylation sites (tertiary alicyclic amines) is 2. The second-order valence-corrected chi connectivity index (χ2v) is 6.12. The summed E-state index contributed by atoms with van der Waals surface area (Å²) in [7, 11) is 0. The van der Waals surface area contributed by atoms with Crippen molar-refractivity contribution in [3.8, 4) is 23.7 Å². The molecular weight excluding hydrogens is 268 g/mol. The molecule has 0 aromatic heterocycles. The Balaban J connectivity index is 1.61. The third-order valence-corrected chi connectivity index (χ3v) is 4.38. The highest BCUT2D eigenvalue weighted by Gasteiger charge is 2.09. The Hall–Kier alpha value is -1.74. The molecule has 1 aromatic carbocycles. The maximum Gasteiger partial charge on any atom is 0.0605 e.